The molecule has 1 aromatic rings. The Morgan fingerprint density at radius 1 is 1.33 bits per heavy atom. The topological polar surface area (TPSA) is 68.5 Å². The van der Waals surface area contributed by atoms with Gasteiger partial charge in [-0.1, -0.05) is 43.4 Å². The van der Waals surface area contributed by atoms with Crippen LogP contribution in [0.2, 0.25) is 0 Å². The average molecular weight is 372 g/mol. The maximum atomic E-state index is 6.20. The number of fused-ring (bicyclic) bond motifs is 2. The highest BCUT2D eigenvalue weighted by Gasteiger charge is 2.09. The van der Waals surface area contributed by atoms with Crippen molar-refractivity contribution in [1.29, 1.82) is 0 Å². The number of ether oxygens (including phenoxy) is 2. The van der Waals surface area contributed by atoms with Gasteiger partial charge < -0.3 is 14.8 Å². The lowest BCUT2D eigenvalue weighted by atomic mass is 10.1. The van der Waals surface area contributed by atoms with Gasteiger partial charge in [0.1, 0.15) is 12.0 Å². The van der Waals surface area contributed by atoms with E-state index in [1.165, 1.54) is 0 Å². The maximum absolute atomic E-state index is 6.20. The predicted molar refractivity (Wildman–Crippen MR) is 113 cm³/mol. The van der Waals surface area contributed by atoms with E-state index in [0.717, 1.165) is 41.8 Å². The quantitative estimate of drug-likeness (QED) is 0.698. The Labute approximate surface area is 163 Å². The summed E-state index contributed by atoms with van der Waals surface area (Å²) in [5, 5.41) is 6.60. The summed E-state index contributed by atoms with van der Waals surface area (Å²) in [6.07, 6.45) is 10.8. The molecule has 1 aliphatic rings. The summed E-state index contributed by atoms with van der Waals surface area (Å²) in [7, 11) is 0. The minimum Gasteiger partial charge on any atom is -0.493 e. The highest BCUT2D eigenvalue weighted by Crippen LogP contribution is 2.24. The van der Waals surface area contributed by atoms with Crippen LogP contribution < -0.4 is 21.1 Å². The van der Waals surface area contributed by atoms with Crippen LogP contribution in [0.3, 0.4) is 0 Å². The zero-order chi connectivity index (χ0) is 19.5. The van der Waals surface area contributed by atoms with E-state index in [4.69, 9.17) is 15.2 Å². The normalized spacial score (nSPS) is 24.5. The van der Waals surface area contributed by atoms with Crippen molar-refractivity contribution in [3.63, 3.8) is 0 Å². The third kappa shape index (κ3) is 7.99. The van der Waals surface area contributed by atoms with Gasteiger partial charge in [-0.05, 0) is 44.4 Å². The largest absolute Gasteiger partial charge is 0.493 e. The van der Waals surface area contributed by atoms with E-state index in [0.29, 0.717) is 19.8 Å². The number of anilines is 1. The van der Waals surface area contributed by atoms with Gasteiger partial charge >= 0.3 is 0 Å². The van der Waals surface area contributed by atoms with Crippen molar-refractivity contribution in [3.8, 4) is 5.75 Å². The molecule has 0 aliphatic carbocycles. The summed E-state index contributed by atoms with van der Waals surface area (Å²) in [5.41, 5.74) is 9.24. The second-order valence-electron chi connectivity index (χ2n) is 6.79. The molecule has 0 fully saturated rings. The van der Waals surface area contributed by atoms with Crippen molar-refractivity contribution in [2.75, 3.05) is 18.5 Å². The molecule has 0 saturated heterocycles. The Morgan fingerprint density at radius 2 is 2.19 bits per heavy atom. The second-order valence-corrected chi connectivity index (χ2v) is 6.79. The van der Waals surface area contributed by atoms with E-state index >= 15 is 0 Å². The Balaban J connectivity index is 2.15. The molecule has 0 amide bonds. The van der Waals surface area contributed by atoms with Gasteiger partial charge in [-0.2, -0.15) is 0 Å². The van der Waals surface area contributed by atoms with E-state index in [2.05, 4.69) is 55.4 Å². The summed E-state index contributed by atoms with van der Waals surface area (Å²) in [6.45, 7) is 10.0. The molecular weight excluding hydrogens is 338 g/mol. The lowest BCUT2D eigenvalue weighted by Crippen LogP contribution is -2.47. The van der Waals surface area contributed by atoms with Crippen molar-refractivity contribution < 1.29 is 9.47 Å². The fraction of sp³-hybridized carbons (Fsp3) is 0.455. The van der Waals surface area contributed by atoms with Crippen LogP contribution in [-0.4, -0.2) is 25.5 Å². The maximum Gasteiger partial charge on any atom is 0.130 e. The summed E-state index contributed by atoms with van der Waals surface area (Å²) in [4.78, 5) is 0. The standard InChI is InChI=1S/C22H33N3O2/c1-4-13-27-21-12-11-20-15-19(21)16-26-14-7-5-6-8-17(2)9-10-18(3)24-22(23)25-20/h5,7,9-12,15,18,22,24-25H,2,4,6,8,13-14,16,23H2,1,3H3/b7-5+,10-9+. The number of hydrogen-bond acceptors (Lipinski definition) is 5. The summed E-state index contributed by atoms with van der Waals surface area (Å²) in [6, 6.07) is 6.12. The summed E-state index contributed by atoms with van der Waals surface area (Å²) < 4.78 is 11.7. The number of rotatable bonds is 3. The summed E-state index contributed by atoms with van der Waals surface area (Å²) in [5.74, 6) is 0.860. The number of benzene rings is 1. The second kappa shape index (κ2) is 11.6. The Bertz CT molecular complexity index is 655. The first-order valence-electron chi connectivity index (χ1n) is 9.71. The van der Waals surface area contributed by atoms with E-state index < -0.39 is 0 Å². The molecule has 1 heterocycles. The summed E-state index contributed by atoms with van der Waals surface area (Å²) >= 11 is 0. The van der Waals surface area contributed by atoms with Gasteiger partial charge in [0.15, 0.2) is 0 Å². The van der Waals surface area contributed by atoms with Gasteiger partial charge in [0.05, 0.1) is 19.8 Å². The number of nitrogens with one attached hydrogen (secondary N) is 2. The van der Waals surface area contributed by atoms with Gasteiger partial charge in [0.25, 0.3) is 0 Å². The SMILES string of the molecule is C=C1/C=C/C(C)NC(N)Nc2ccc(OCCC)c(c2)COC/C=C/CC1. The van der Waals surface area contributed by atoms with Crippen molar-refractivity contribution in [2.24, 2.45) is 5.73 Å². The molecule has 0 radical (unpaired) electrons. The molecule has 2 unspecified atom stereocenters. The fourth-order valence-electron chi connectivity index (χ4n) is 2.75. The molecule has 0 saturated carbocycles. The molecule has 2 atom stereocenters. The smallest absolute Gasteiger partial charge is 0.130 e. The molecule has 1 aromatic carbocycles. The number of hydrogen-bond donors (Lipinski definition) is 3. The molecule has 0 spiro atoms. The number of nitrogens with two attached hydrogens (primary N) is 1. The van der Waals surface area contributed by atoms with Gasteiger partial charge in [0, 0.05) is 17.3 Å². The predicted octanol–water partition coefficient (Wildman–Crippen LogP) is 4.09. The van der Waals surface area contributed by atoms with Crippen molar-refractivity contribution >= 4 is 5.69 Å². The zero-order valence-electron chi connectivity index (χ0n) is 16.5. The number of allylic oxidation sites excluding steroid dienone is 3. The van der Waals surface area contributed by atoms with E-state index in [-0.39, 0.29) is 12.3 Å². The van der Waals surface area contributed by atoms with Gasteiger partial charge in [-0.3, -0.25) is 11.1 Å². The molecule has 4 N–H and O–H groups in total. The molecule has 27 heavy (non-hydrogen) atoms. The third-order valence-electron chi connectivity index (χ3n) is 4.18. The van der Waals surface area contributed by atoms with Crippen LogP contribution in [0.4, 0.5) is 5.69 Å². The van der Waals surface area contributed by atoms with E-state index in [9.17, 15) is 0 Å². The first kappa shape index (κ1) is 21.2. The van der Waals surface area contributed by atoms with Crippen LogP contribution >= 0.6 is 0 Å². The highest BCUT2D eigenvalue weighted by molar-refractivity contribution is 5.51. The molecule has 2 rings (SSSR count). The molecule has 2 bridgehead atoms. The minimum absolute atomic E-state index is 0.130. The average Bonchev–Trinajstić information content (AvgIpc) is 2.64. The van der Waals surface area contributed by atoms with Crippen LogP contribution in [0.5, 0.6) is 5.75 Å². The molecule has 5 nitrogen and oxygen atoms in total. The molecule has 5 heteroatoms. The van der Waals surface area contributed by atoms with Crippen LogP contribution in [-0.2, 0) is 11.3 Å². The van der Waals surface area contributed by atoms with Crippen molar-refractivity contribution in [2.45, 2.75) is 52.0 Å². The zero-order valence-corrected chi connectivity index (χ0v) is 16.5. The Morgan fingerprint density at radius 3 is 3.00 bits per heavy atom. The highest BCUT2D eigenvalue weighted by atomic mass is 16.5. The van der Waals surface area contributed by atoms with Gasteiger partial charge in [-0.25, -0.2) is 0 Å². The minimum atomic E-state index is -0.369. The molecule has 148 valence electrons. The third-order valence-corrected chi connectivity index (χ3v) is 4.18. The van der Waals surface area contributed by atoms with Crippen molar-refractivity contribution in [1.82, 2.24) is 5.32 Å². The first-order valence-corrected chi connectivity index (χ1v) is 9.71. The van der Waals surface area contributed by atoms with Gasteiger partial charge in [0.2, 0.25) is 0 Å². The molecule has 0 aromatic heterocycles. The van der Waals surface area contributed by atoms with Crippen LogP contribution in [0, 0.1) is 0 Å². The van der Waals surface area contributed by atoms with E-state index in [1.54, 1.807) is 0 Å². The van der Waals surface area contributed by atoms with Crippen LogP contribution in [0.1, 0.15) is 38.7 Å². The van der Waals surface area contributed by atoms with E-state index in [1.807, 2.05) is 18.2 Å². The Hall–Kier alpha value is -2.08. The van der Waals surface area contributed by atoms with Crippen molar-refractivity contribution in [3.05, 3.63) is 60.2 Å². The molecule has 1 aliphatic heterocycles. The monoisotopic (exact) mass is 371 g/mol. The van der Waals surface area contributed by atoms with Gasteiger partial charge in [-0.15, -0.1) is 0 Å². The lowest BCUT2D eigenvalue weighted by molar-refractivity contribution is 0.145. The van der Waals surface area contributed by atoms with Crippen LogP contribution in [0.15, 0.2) is 54.7 Å². The molecular formula is C22H33N3O2. The van der Waals surface area contributed by atoms with Crippen LogP contribution in [0.25, 0.3) is 0 Å². The Kier molecular flexibility index (Phi) is 9.11. The first-order chi connectivity index (χ1) is 13.1. The lowest BCUT2D eigenvalue weighted by Gasteiger charge is -2.21. The fourth-order valence-corrected chi connectivity index (χ4v) is 2.75.